The Bertz CT molecular complexity index is 757. The van der Waals surface area contributed by atoms with Gasteiger partial charge >= 0.3 is 5.97 Å². The monoisotopic (exact) mass is 299 g/mol. The van der Waals surface area contributed by atoms with Gasteiger partial charge in [-0.15, -0.1) is 0 Å². The smallest absolute Gasteiger partial charge is 0.317 e. The van der Waals surface area contributed by atoms with Crippen LogP contribution in [-0.2, 0) is 21.4 Å². The molecule has 1 fully saturated rings. The number of carbonyl (C=O) groups excluding carboxylic acids is 2. The summed E-state index contributed by atoms with van der Waals surface area (Å²) in [6.45, 7) is 5.99. The zero-order valence-corrected chi connectivity index (χ0v) is 13.4. The highest BCUT2D eigenvalue weighted by Crippen LogP contribution is 2.40. The minimum absolute atomic E-state index is 0.0279. The van der Waals surface area contributed by atoms with Crippen molar-refractivity contribution in [3.63, 3.8) is 0 Å². The molecule has 0 amide bonds. The van der Waals surface area contributed by atoms with Crippen LogP contribution in [-0.4, -0.2) is 22.9 Å². The molecular formula is C18H21NO3. The van der Waals surface area contributed by atoms with Gasteiger partial charge in [-0.25, -0.2) is 0 Å². The molecule has 1 aromatic carbocycles. The molecule has 1 aliphatic rings. The lowest BCUT2D eigenvalue weighted by atomic mass is 9.81. The van der Waals surface area contributed by atoms with Gasteiger partial charge < -0.3 is 9.30 Å². The molecule has 0 aliphatic carbocycles. The molecule has 0 unspecified atom stereocenters. The van der Waals surface area contributed by atoms with E-state index >= 15 is 0 Å². The van der Waals surface area contributed by atoms with Gasteiger partial charge in [0, 0.05) is 35.5 Å². The van der Waals surface area contributed by atoms with Crippen LogP contribution in [0.1, 0.15) is 31.0 Å². The summed E-state index contributed by atoms with van der Waals surface area (Å²) < 4.78 is 7.36. The lowest BCUT2D eigenvalue weighted by Crippen LogP contribution is -2.28. The number of fused-ring (bicyclic) bond motifs is 1. The van der Waals surface area contributed by atoms with Crippen LogP contribution in [0.5, 0.6) is 0 Å². The first-order valence-corrected chi connectivity index (χ1v) is 7.67. The molecule has 1 aromatic heterocycles. The Kier molecular flexibility index (Phi) is 3.55. The van der Waals surface area contributed by atoms with Crippen molar-refractivity contribution < 1.29 is 14.3 Å². The van der Waals surface area contributed by atoms with Crippen molar-refractivity contribution in [3.8, 4) is 0 Å². The molecule has 2 atom stereocenters. The lowest BCUT2D eigenvalue weighted by Gasteiger charge is -2.17. The number of para-hydroxylation sites is 1. The third-order valence-electron chi connectivity index (χ3n) is 4.76. The van der Waals surface area contributed by atoms with Gasteiger partial charge in [0.25, 0.3) is 0 Å². The van der Waals surface area contributed by atoms with Gasteiger partial charge in [-0.1, -0.05) is 32.0 Å². The molecule has 3 rings (SSSR count). The van der Waals surface area contributed by atoms with Crippen LogP contribution >= 0.6 is 0 Å². The molecule has 2 heterocycles. The van der Waals surface area contributed by atoms with Crippen LogP contribution in [0.15, 0.2) is 24.3 Å². The zero-order valence-electron chi connectivity index (χ0n) is 13.4. The molecule has 4 heteroatoms. The third-order valence-corrected chi connectivity index (χ3v) is 4.76. The van der Waals surface area contributed by atoms with E-state index in [2.05, 4.69) is 16.7 Å². The number of ether oxygens (including phenoxy) is 1. The van der Waals surface area contributed by atoms with Crippen molar-refractivity contribution in [3.05, 3.63) is 35.5 Å². The van der Waals surface area contributed by atoms with E-state index in [1.807, 2.05) is 40.0 Å². The van der Waals surface area contributed by atoms with Gasteiger partial charge in [-0.05, 0) is 18.6 Å². The van der Waals surface area contributed by atoms with Gasteiger partial charge in [0.2, 0.25) is 0 Å². The lowest BCUT2D eigenvalue weighted by molar-refractivity contribution is -0.145. The average Bonchev–Trinajstić information content (AvgIpc) is 2.98. The summed E-state index contributed by atoms with van der Waals surface area (Å²) in [6.07, 6.45) is 0. The van der Waals surface area contributed by atoms with Crippen molar-refractivity contribution in [2.75, 3.05) is 6.61 Å². The van der Waals surface area contributed by atoms with Crippen molar-refractivity contribution >= 4 is 22.7 Å². The Morgan fingerprint density at radius 3 is 2.68 bits per heavy atom. The SMILES string of the molecule is Cc1c([C@@H]2COC(=O)[C@H]2C(=O)C(C)C)c2ccccc2n1C. The second kappa shape index (κ2) is 5.27. The van der Waals surface area contributed by atoms with Crippen LogP contribution in [0.3, 0.4) is 0 Å². The first kappa shape index (κ1) is 14.8. The first-order valence-electron chi connectivity index (χ1n) is 7.67. The Balaban J connectivity index is 2.16. The van der Waals surface area contributed by atoms with Gasteiger partial charge in [-0.2, -0.15) is 0 Å². The van der Waals surface area contributed by atoms with Gasteiger partial charge in [0.1, 0.15) is 11.7 Å². The number of hydrogen-bond acceptors (Lipinski definition) is 3. The molecule has 0 bridgehead atoms. The zero-order chi connectivity index (χ0) is 16.0. The Labute approximate surface area is 130 Å². The molecule has 0 radical (unpaired) electrons. The van der Waals surface area contributed by atoms with Crippen LogP contribution < -0.4 is 0 Å². The summed E-state index contributed by atoms with van der Waals surface area (Å²) in [6, 6.07) is 8.10. The number of cyclic esters (lactones) is 1. The topological polar surface area (TPSA) is 48.3 Å². The molecular weight excluding hydrogens is 278 g/mol. The number of ketones is 1. The number of hydrogen-bond donors (Lipinski definition) is 0. The van der Waals surface area contributed by atoms with Gasteiger partial charge in [-0.3, -0.25) is 9.59 Å². The van der Waals surface area contributed by atoms with Crippen molar-refractivity contribution in [2.24, 2.45) is 18.9 Å². The Morgan fingerprint density at radius 2 is 2.00 bits per heavy atom. The molecule has 1 saturated heterocycles. The molecule has 4 nitrogen and oxygen atoms in total. The summed E-state index contributed by atoms with van der Waals surface area (Å²) in [5.74, 6) is -1.44. The minimum Gasteiger partial charge on any atom is -0.464 e. The number of carbonyl (C=O) groups is 2. The average molecular weight is 299 g/mol. The molecule has 2 aromatic rings. The number of nitrogens with zero attached hydrogens (tertiary/aromatic N) is 1. The maximum atomic E-state index is 12.5. The highest BCUT2D eigenvalue weighted by molar-refractivity contribution is 6.03. The molecule has 0 spiro atoms. The Morgan fingerprint density at radius 1 is 1.32 bits per heavy atom. The highest BCUT2D eigenvalue weighted by Gasteiger charge is 2.45. The van der Waals surface area contributed by atoms with E-state index < -0.39 is 5.92 Å². The minimum atomic E-state index is -0.676. The van der Waals surface area contributed by atoms with Crippen LogP contribution in [0.25, 0.3) is 10.9 Å². The molecule has 0 saturated carbocycles. The fourth-order valence-electron chi connectivity index (χ4n) is 3.46. The summed E-state index contributed by atoms with van der Waals surface area (Å²) in [5, 5.41) is 1.10. The molecule has 116 valence electrons. The maximum Gasteiger partial charge on any atom is 0.317 e. The number of aryl methyl sites for hydroxylation is 1. The Hall–Kier alpha value is -2.10. The van der Waals surface area contributed by atoms with Crippen LogP contribution in [0, 0.1) is 18.8 Å². The van der Waals surface area contributed by atoms with E-state index in [1.165, 1.54) is 0 Å². The predicted molar refractivity (Wildman–Crippen MR) is 84.7 cm³/mol. The predicted octanol–water partition coefficient (Wildman–Crippen LogP) is 2.97. The fourth-order valence-corrected chi connectivity index (χ4v) is 3.46. The number of benzene rings is 1. The maximum absolute atomic E-state index is 12.5. The van der Waals surface area contributed by atoms with E-state index in [-0.39, 0.29) is 30.2 Å². The standard InChI is InChI=1S/C18H21NO3/c1-10(2)17(20)16-13(9-22-18(16)21)15-11(3)19(4)14-8-6-5-7-12(14)15/h5-8,10,13,16H,9H2,1-4H3/t13-,16+/m0/s1. The van der Waals surface area contributed by atoms with E-state index in [0.29, 0.717) is 0 Å². The second-order valence-corrected chi connectivity index (χ2v) is 6.35. The quantitative estimate of drug-likeness (QED) is 0.646. The van der Waals surface area contributed by atoms with Gasteiger partial charge in [0.15, 0.2) is 0 Å². The van der Waals surface area contributed by atoms with E-state index in [4.69, 9.17) is 4.74 Å². The number of rotatable bonds is 3. The summed E-state index contributed by atoms with van der Waals surface area (Å²) in [7, 11) is 2.01. The fraction of sp³-hybridized carbons (Fsp3) is 0.444. The van der Waals surface area contributed by atoms with Crippen molar-refractivity contribution in [1.82, 2.24) is 4.57 Å². The second-order valence-electron chi connectivity index (χ2n) is 6.35. The van der Waals surface area contributed by atoms with Crippen LogP contribution in [0.2, 0.25) is 0 Å². The number of Topliss-reactive ketones (excluding diaryl/α,β-unsaturated/α-hetero) is 1. The first-order chi connectivity index (χ1) is 10.4. The number of aromatic nitrogens is 1. The van der Waals surface area contributed by atoms with Gasteiger partial charge in [0.05, 0.1) is 6.61 Å². The summed E-state index contributed by atoms with van der Waals surface area (Å²) in [5.41, 5.74) is 3.28. The van der Waals surface area contributed by atoms with Crippen molar-refractivity contribution in [2.45, 2.75) is 26.7 Å². The summed E-state index contributed by atoms with van der Waals surface area (Å²) >= 11 is 0. The van der Waals surface area contributed by atoms with E-state index in [9.17, 15) is 9.59 Å². The van der Waals surface area contributed by atoms with Crippen LogP contribution in [0.4, 0.5) is 0 Å². The van der Waals surface area contributed by atoms with E-state index in [1.54, 1.807) is 0 Å². The third kappa shape index (κ3) is 2.05. The summed E-state index contributed by atoms with van der Waals surface area (Å²) in [4.78, 5) is 24.6. The highest BCUT2D eigenvalue weighted by atomic mass is 16.5. The van der Waals surface area contributed by atoms with Crippen molar-refractivity contribution in [1.29, 1.82) is 0 Å². The van der Waals surface area contributed by atoms with E-state index in [0.717, 1.165) is 22.2 Å². The molecule has 0 N–H and O–H groups in total. The largest absolute Gasteiger partial charge is 0.464 e. The molecule has 1 aliphatic heterocycles. The normalized spacial score (nSPS) is 21.6. The molecule has 22 heavy (non-hydrogen) atoms. The number of esters is 1.